The minimum atomic E-state index is 0.286. The molecule has 0 bridgehead atoms. The fourth-order valence-corrected chi connectivity index (χ4v) is 4.94. The molecule has 0 aromatic heterocycles. The molecular formula is C13H24N2O2S2. The Bertz CT molecular complexity index is 284. The number of likely N-dealkylation sites (tertiary alicyclic amines) is 1. The minimum absolute atomic E-state index is 0.286. The van der Waals surface area contributed by atoms with Crippen LogP contribution in [0.15, 0.2) is 0 Å². The van der Waals surface area contributed by atoms with Crippen LogP contribution in [0.1, 0.15) is 6.42 Å². The van der Waals surface area contributed by atoms with Gasteiger partial charge in [-0.2, -0.15) is 23.5 Å². The maximum Gasteiger partial charge on any atom is 0.223 e. The largest absolute Gasteiger partial charge is 0.383 e. The first kappa shape index (κ1) is 15.5. The van der Waals surface area contributed by atoms with Gasteiger partial charge in [-0.3, -0.25) is 4.79 Å². The molecule has 2 aliphatic rings. The Labute approximate surface area is 124 Å². The number of methoxy groups -OCH3 is 1. The zero-order valence-corrected chi connectivity index (χ0v) is 13.2. The highest BCUT2D eigenvalue weighted by Crippen LogP contribution is 2.19. The van der Waals surface area contributed by atoms with Crippen molar-refractivity contribution in [3.8, 4) is 0 Å². The molecule has 0 aromatic carbocycles. The number of thioether (sulfide) groups is 2. The van der Waals surface area contributed by atoms with Gasteiger partial charge in [-0.25, -0.2) is 0 Å². The van der Waals surface area contributed by atoms with Gasteiger partial charge < -0.3 is 15.0 Å². The number of nitrogens with zero attached hydrogens (tertiary/aromatic N) is 1. The molecule has 0 aliphatic carbocycles. The van der Waals surface area contributed by atoms with Gasteiger partial charge in [0.15, 0.2) is 0 Å². The van der Waals surface area contributed by atoms with Crippen molar-refractivity contribution in [1.82, 2.24) is 10.2 Å². The lowest BCUT2D eigenvalue weighted by molar-refractivity contribution is -0.128. The first-order chi connectivity index (χ1) is 9.29. The van der Waals surface area contributed by atoms with Gasteiger partial charge in [0.2, 0.25) is 5.91 Å². The van der Waals surface area contributed by atoms with Crippen molar-refractivity contribution in [1.29, 1.82) is 0 Å². The van der Waals surface area contributed by atoms with Gasteiger partial charge in [0.1, 0.15) is 0 Å². The molecular weight excluding hydrogens is 280 g/mol. The molecule has 2 rings (SSSR count). The van der Waals surface area contributed by atoms with Crippen LogP contribution < -0.4 is 5.32 Å². The molecule has 0 radical (unpaired) electrons. The second-order valence-corrected chi connectivity index (χ2v) is 7.46. The highest BCUT2D eigenvalue weighted by atomic mass is 32.2. The summed E-state index contributed by atoms with van der Waals surface area (Å²) in [5, 5.41) is 3.65. The fraction of sp³-hybridized carbons (Fsp3) is 0.923. The average molecular weight is 304 g/mol. The predicted molar refractivity (Wildman–Crippen MR) is 83.0 cm³/mol. The van der Waals surface area contributed by atoms with Crippen LogP contribution in [0.3, 0.4) is 0 Å². The second-order valence-electron chi connectivity index (χ2n) is 5.16. The SMILES string of the molecule is COCCN1C[C@@H](CNC2CSCCSC2)CC1=O. The third-order valence-corrected chi connectivity index (χ3v) is 6.09. The number of hydrogen-bond acceptors (Lipinski definition) is 5. The normalized spacial score (nSPS) is 25.8. The monoisotopic (exact) mass is 304 g/mol. The molecule has 0 unspecified atom stereocenters. The molecule has 6 heteroatoms. The Morgan fingerprint density at radius 2 is 2.11 bits per heavy atom. The van der Waals surface area contributed by atoms with Crippen LogP contribution in [-0.2, 0) is 9.53 Å². The van der Waals surface area contributed by atoms with E-state index < -0.39 is 0 Å². The van der Waals surface area contributed by atoms with Gasteiger partial charge in [-0.1, -0.05) is 0 Å². The number of nitrogens with one attached hydrogen (secondary N) is 1. The van der Waals surface area contributed by atoms with Gasteiger partial charge in [0.25, 0.3) is 0 Å². The molecule has 2 saturated heterocycles. The smallest absolute Gasteiger partial charge is 0.223 e. The van der Waals surface area contributed by atoms with E-state index in [1.54, 1.807) is 7.11 Å². The summed E-state index contributed by atoms with van der Waals surface area (Å²) in [7, 11) is 1.68. The molecule has 19 heavy (non-hydrogen) atoms. The van der Waals surface area contributed by atoms with Gasteiger partial charge in [0, 0.05) is 62.2 Å². The summed E-state index contributed by atoms with van der Waals surface area (Å²) in [5.74, 6) is 5.73. The van der Waals surface area contributed by atoms with E-state index in [0.717, 1.165) is 19.6 Å². The van der Waals surface area contributed by atoms with Crippen LogP contribution in [0.25, 0.3) is 0 Å². The molecule has 2 fully saturated rings. The number of ether oxygens (including phenoxy) is 1. The van der Waals surface area contributed by atoms with Crippen molar-refractivity contribution < 1.29 is 9.53 Å². The van der Waals surface area contributed by atoms with Crippen LogP contribution in [0.4, 0.5) is 0 Å². The van der Waals surface area contributed by atoms with Crippen LogP contribution in [0.5, 0.6) is 0 Å². The first-order valence-electron chi connectivity index (χ1n) is 6.95. The third-order valence-electron chi connectivity index (χ3n) is 3.57. The summed E-state index contributed by atoms with van der Waals surface area (Å²) in [6, 6.07) is 0.612. The zero-order valence-electron chi connectivity index (χ0n) is 11.6. The highest BCUT2D eigenvalue weighted by Gasteiger charge is 2.29. The van der Waals surface area contributed by atoms with Crippen molar-refractivity contribution in [2.24, 2.45) is 5.92 Å². The van der Waals surface area contributed by atoms with E-state index in [1.165, 1.54) is 23.0 Å². The molecule has 0 spiro atoms. The maximum absolute atomic E-state index is 11.8. The highest BCUT2D eigenvalue weighted by molar-refractivity contribution is 8.03. The van der Waals surface area contributed by atoms with Gasteiger partial charge >= 0.3 is 0 Å². The first-order valence-corrected chi connectivity index (χ1v) is 9.26. The number of carbonyl (C=O) groups excluding carboxylic acids is 1. The van der Waals surface area contributed by atoms with Crippen molar-refractivity contribution in [3.63, 3.8) is 0 Å². The summed E-state index contributed by atoms with van der Waals surface area (Å²) in [6.45, 7) is 3.24. The van der Waals surface area contributed by atoms with E-state index in [9.17, 15) is 4.79 Å². The van der Waals surface area contributed by atoms with Crippen molar-refractivity contribution in [3.05, 3.63) is 0 Å². The van der Waals surface area contributed by atoms with E-state index in [2.05, 4.69) is 5.32 Å². The van der Waals surface area contributed by atoms with Gasteiger partial charge in [0.05, 0.1) is 6.61 Å². The van der Waals surface area contributed by atoms with Crippen LogP contribution >= 0.6 is 23.5 Å². The summed E-state index contributed by atoms with van der Waals surface area (Å²) in [6.07, 6.45) is 0.698. The lowest BCUT2D eigenvalue weighted by Gasteiger charge is -2.19. The molecule has 1 atom stereocenters. The standard InChI is InChI=1S/C13H24N2O2S2/c1-17-3-2-15-8-11(6-13(15)16)7-14-12-9-18-4-5-19-10-12/h11-12,14H,2-10H2,1H3/t11-/m1/s1. The Morgan fingerprint density at radius 1 is 1.37 bits per heavy atom. The van der Waals surface area contributed by atoms with Crippen molar-refractivity contribution in [2.45, 2.75) is 12.5 Å². The summed E-state index contributed by atoms with van der Waals surface area (Å²) >= 11 is 4.08. The predicted octanol–water partition coefficient (Wildman–Crippen LogP) is 0.920. The summed E-state index contributed by atoms with van der Waals surface area (Å²) in [5.41, 5.74) is 0. The Morgan fingerprint density at radius 3 is 2.79 bits per heavy atom. The number of hydrogen-bond donors (Lipinski definition) is 1. The molecule has 0 saturated carbocycles. The van der Waals surface area contributed by atoms with E-state index in [4.69, 9.17) is 4.74 Å². The van der Waals surface area contributed by atoms with Crippen LogP contribution in [-0.4, -0.2) is 73.2 Å². The van der Waals surface area contributed by atoms with E-state index in [1.807, 2.05) is 28.4 Å². The molecule has 2 aliphatic heterocycles. The molecule has 1 N–H and O–H groups in total. The number of amides is 1. The number of carbonyl (C=O) groups is 1. The summed E-state index contributed by atoms with van der Waals surface area (Å²) in [4.78, 5) is 13.8. The Kier molecular flexibility index (Phi) is 6.84. The molecule has 110 valence electrons. The average Bonchev–Trinajstić information content (AvgIpc) is 2.63. The number of rotatable bonds is 6. The Hall–Kier alpha value is 0.0900. The molecule has 2 heterocycles. The second kappa shape index (κ2) is 8.39. The van der Waals surface area contributed by atoms with E-state index in [-0.39, 0.29) is 5.91 Å². The quantitative estimate of drug-likeness (QED) is 0.790. The zero-order chi connectivity index (χ0) is 13.5. The van der Waals surface area contributed by atoms with Crippen LogP contribution in [0.2, 0.25) is 0 Å². The maximum atomic E-state index is 11.8. The molecule has 0 aromatic rings. The minimum Gasteiger partial charge on any atom is -0.383 e. The molecule has 4 nitrogen and oxygen atoms in total. The Balaban J connectivity index is 1.67. The van der Waals surface area contributed by atoms with Gasteiger partial charge in [-0.05, 0) is 5.92 Å². The van der Waals surface area contributed by atoms with Crippen LogP contribution in [0, 0.1) is 5.92 Å². The third kappa shape index (κ3) is 5.17. The molecule has 1 amide bonds. The van der Waals surface area contributed by atoms with Crippen molar-refractivity contribution in [2.75, 3.05) is 56.4 Å². The lowest BCUT2D eigenvalue weighted by atomic mass is 10.1. The van der Waals surface area contributed by atoms with Crippen molar-refractivity contribution >= 4 is 29.4 Å². The van der Waals surface area contributed by atoms with E-state index in [0.29, 0.717) is 25.0 Å². The lowest BCUT2D eigenvalue weighted by Crippen LogP contribution is -2.37. The fourth-order valence-electron chi connectivity index (χ4n) is 2.48. The van der Waals surface area contributed by atoms with E-state index >= 15 is 0 Å². The van der Waals surface area contributed by atoms with Gasteiger partial charge in [-0.15, -0.1) is 0 Å². The summed E-state index contributed by atoms with van der Waals surface area (Å²) < 4.78 is 5.04. The topological polar surface area (TPSA) is 41.6 Å².